The van der Waals surface area contributed by atoms with Crippen LogP contribution < -0.4 is 4.74 Å². The van der Waals surface area contributed by atoms with Gasteiger partial charge in [-0.05, 0) is 47.9 Å². The van der Waals surface area contributed by atoms with Crippen molar-refractivity contribution in [1.82, 2.24) is 24.8 Å². The Labute approximate surface area is 235 Å². The van der Waals surface area contributed by atoms with E-state index < -0.39 is 6.10 Å². The number of benzene rings is 4. The van der Waals surface area contributed by atoms with Crippen LogP contribution in [0.1, 0.15) is 22.7 Å². The predicted octanol–water partition coefficient (Wildman–Crippen LogP) is 4.88. The highest BCUT2D eigenvalue weighted by Crippen LogP contribution is 2.29. The monoisotopic (exact) mass is 533 g/mol. The summed E-state index contributed by atoms with van der Waals surface area (Å²) in [6.07, 6.45) is -0.607. The van der Waals surface area contributed by atoms with Crippen molar-refractivity contribution < 1.29 is 9.84 Å². The van der Waals surface area contributed by atoms with E-state index in [1.807, 2.05) is 49.4 Å². The summed E-state index contributed by atoms with van der Waals surface area (Å²) in [6, 6.07) is 35.4. The molecule has 1 unspecified atom stereocenters. The van der Waals surface area contributed by atoms with Crippen molar-refractivity contribution in [2.75, 3.05) is 39.3 Å². The summed E-state index contributed by atoms with van der Waals surface area (Å²) in [5, 5.41) is 20.1. The number of fused-ring (bicyclic) bond motifs is 1. The number of β-amino-alcohol motifs (C(OH)–C–C–N with tert-alkyl or cyclic N) is 1. The lowest BCUT2D eigenvalue weighted by Crippen LogP contribution is -2.50. The van der Waals surface area contributed by atoms with Crippen LogP contribution in [0.3, 0.4) is 0 Å². The lowest BCUT2D eigenvalue weighted by molar-refractivity contribution is 0.0400. The number of aliphatic hydroxyl groups excluding tert-OH is 1. The molecule has 0 aliphatic carbocycles. The molecule has 6 rings (SSSR count). The van der Waals surface area contributed by atoms with Crippen LogP contribution in [-0.2, 0) is 0 Å². The van der Waals surface area contributed by atoms with E-state index in [0.717, 1.165) is 48.5 Å². The molecule has 0 saturated carbocycles. The molecule has 1 fully saturated rings. The SMILES string of the molecule is Cc1ccc(OCC(O)CN2CCN(C(c3ccccc3)c3ccccc3)CC2)c(-n2nc3ccccc3n2)c1. The van der Waals surface area contributed by atoms with Gasteiger partial charge in [0.05, 0.1) is 6.04 Å². The molecule has 2 heterocycles. The molecule has 4 aromatic carbocycles. The fourth-order valence-corrected chi connectivity index (χ4v) is 5.50. The molecule has 1 aromatic heterocycles. The second-order valence-corrected chi connectivity index (χ2v) is 10.5. The largest absolute Gasteiger partial charge is 0.489 e. The van der Waals surface area contributed by atoms with Crippen LogP contribution in [0.5, 0.6) is 5.75 Å². The second-order valence-electron chi connectivity index (χ2n) is 10.5. The number of hydrogen-bond acceptors (Lipinski definition) is 6. The molecule has 0 bridgehead atoms. The Balaban J connectivity index is 1.07. The number of piperazine rings is 1. The topological polar surface area (TPSA) is 66.7 Å². The van der Waals surface area contributed by atoms with Crippen molar-refractivity contribution in [2.24, 2.45) is 0 Å². The Hall–Kier alpha value is -4.04. The van der Waals surface area contributed by atoms with Crippen LogP contribution in [-0.4, -0.2) is 75.3 Å². The Kier molecular flexibility index (Phi) is 7.86. The molecule has 0 spiro atoms. The zero-order valence-electron chi connectivity index (χ0n) is 22.8. The zero-order valence-corrected chi connectivity index (χ0v) is 22.8. The van der Waals surface area contributed by atoms with Crippen molar-refractivity contribution in [3.8, 4) is 11.4 Å². The maximum absolute atomic E-state index is 10.9. The first kappa shape index (κ1) is 26.2. The van der Waals surface area contributed by atoms with Gasteiger partial charge in [0.1, 0.15) is 35.2 Å². The average molecular weight is 534 g/mol. The maximum atomic E-state index is 10.9. The average Bonchev–Trinajstić information content (AvgIpc) is 3.43. The number of rotatable bonds is 9. The minimum absolute atomic E-state index is 0.202. The third kappa shape index (κ3) is 5.92. The molecule has 1 N–H and O–H groups in total. The molecule has 1 atom stereocenters. The van der Waals surface area contributed by atoms with Gasteiger partial charge in [-0.15, -0.1) is 15.0 Å². The summed E-state index contributed by atoms with van der Waals surface area (Å²) in [4.78, 5) is 6.49. The molecule has 204 valence electrons. The lowest BCUT2D eigenvalue weighted by atomic mass is 9.96. The van der Waals surface area contributed by atoms with E-state index in [2.05, 4.69) is 80.7 Å². The van der Waals surface area contributed by atoms with E-state index >= 15 is 0 Å². The van der Waals surface area contributed by atoms with Crippen molar-refractivity contribution in [3.05, 3.63) is 120 Å². The fraction of sp³-hybridized carbons (Fsp3) is 0.273. The smallest absolute Gasteiger partial charge is 0.146 e. The summed E-state index contributed by atoms with van der Waals surface area (Å²) in [5.74, 6) is 0.656. The standard InChI is InChI=1S/C33H35N5O2/c1-25-16-17-32(31(22-25)38-34-29-14-8-9-15-30(29)35-38)40-24-28(39)23-36-18-20-37(21-19-36)33(26-10-4-2-5-11-26)27-12-6-3-7-13-27/h2-17,22,28,33,39H,18-21,23-24H2,1H3. The van der Waals surface area contributed by atoms with E-state index in [1.54, 1.807) is 4.80 Å². The van der Waals surface area contributed by atoms with Crippen molar-refractivity contribution >= 4 is 11.0 Å². The first-order valence-electron chi connectivity index (χ1n) is 13.9. The normalized spacial score (nSPS) is 15.5. The highest BCUT2D eigenvalue weighted by Gasteiger charge is 2.27. The number of ether oxygens (including phenoxy) is 1. The van der Waals surface area contributed by atoms with Crippen LogP contribution in [0.15, 0.2) is 103 Å². The van der Waals surface area contributed by atoms with Crippen LogP contribution in [0.2, 0.25) is 0 Å². The fourth-order valence-electron chi connectivity index (χ4n) is 5.50. The molecule has 1 aliphatic rings. The van der Waals surface area contributed by atoms with Crippen LogP contribution in [0, 0.1) is 6.92 Å². The van der Waals surface area contributed by atoms with Gasteiger partial charge in [-0.25, -0.2) is 0 Å². The summed E-state index contributed by atoms with van der Waals surface area (Å²) < 4.78 is 6.13. The van der Waals surface area contributed by atoms with Gasteiger partial charge in [0.25, 0.3) is 0 Å². The van der Waals surface area contributed by atoms with Crippen LogP contribution >= 0.6 is 0 Å². The first-order valence-corrected chi connectivity index (χ1v) is 13.9. The van der Waals surface area contributed by atoms with Gasteiger partial charge in [0.15, 0.2) is 0 Å². The minimum atomic E-state index is -0.607. The number of aryl methyl sites for hydroxylation is 1. The van der Waals surface area contributed by atoms with E-state index in [0.29, 0.717) is 12.3 Å². The highest BCUT2D eigenvalue weighted by molar-refractivity contribution is 5.73. The number of nitrogens with zero attached hydrogens (tertiary/aromatic N) is 5. The highest BCUT2D eigenvalue weighted by atomic mass is 16.5. The molecule has 40 heavy (non-hydrogen) atoms. The van der Waals surface area contributed by atoms with Gasteiger partial charge in [0.2, 0.25) is 0 Å². The second kappa shape index (κ2) is 12.0. The summed E-state index contributed by atoms with van der Waals surface area (Å²) in [6.45, 7) is 6.46. The van der Waals surface area contributed by atoms with Crippen LogP contribution in [0.4, 0.5) is 0 Å². The molecule has 0 radical (unpaired) electrons. The molecule has 7 heteroatoms. The van der Waals surface area contributed by atoms with Crippen molar-refractivity contribution in [3.63, 3.8) is 0 Å². The minimum Gasteiger partial charge on any atom is -0.489 e. The van der Waals surface area contributed by atoms with Gasteiger partial charge in [-0.3, -0.25) is 9.80 Å². The van der Waals surface area contributed by atoms with Crippen molar-refractivity contribution in [2.45, 2.75) is 19.1 Å². The molecular formula is C33H35N5O2. The predicted molar refractivity (Wildman–Crippen MR) is 158 cm³/mol. The number of aromatic nitrogens is 3. The Morgan fingerprint density at radius 1 is 0.750 bits per heavy atom. The van der Waals surface area contributed by atoms with E-state index in [1.165, 1.54) is 11.1 Å². The quantitative estimate of drug-likeness (QED) is 0.292. The lowest BCUT2D eigenvalue weighted by Gasteiger charge is -2.40. The Morgan fingerprint density at radius 3 is 1.93 bits per heavy atom. The molecular weight excluding hydrogens is 498 g/mol. The van der Waals surface area contributed by atoms with E-state index in [9.17, 15) is 5.11 Å². The van der Waals surface area contributed by atoms with Gasteiger partial charge in [-0.1, -0.05) is 78.9 Å². The van der Waals surface area contributed by atoms with Crippen LogP contribution in [0.25, 0.3) is 16.7 Å². The third-order valence-corrected chi connectivity index (χ3v) is 7.52. The third-order valence-electron chi connectivity index (χ3n) is 7.52. The molecule has 7 nitrogen and oxygen atoms in total. The van der Waals surface area contributed by atoms with Gasteiger partial charge in [-0.2, -0.15) is 0 Å². The molecule has 5 aromatic rings. The van der Waals surface area contributed by atoms with Gasteiger partial charge >= 0.3 is 0 Å². The Bertz CT molecular complexity index is 1460. The molecule has 0 amide bonds. The van der Waals surface area contributed by atoms with Crippen molar-refractivity contribution in [1.29, 1.82) is 0 Å². The number of aliphatic hydroxyl groups is 1. The molecule has 1 saturated heterocycles. The van der Waals surface area contributed by atoms with E-state index in [4.69, 9.17) is 4.74 Å². The first-order chi connectivity index (χ1) is 19.6. The maximum Gasteiger partial charge on any atom is 0.146 e. The summed E-state index contributed by atoms with van der Waals surface area (Å²) in [7, 11) is 0. The molecule has 1 aliphatic heterocycles. The summed E-state index contributed by atoms with van der Waals surface area (Å²) in [5.41, 5.74) is 6.14. The van der Waals surface area contributed by atoms with Gasteiger partial charge < -0.3 is 9.84 Å². The van der Waals surface area contributed by atoms with Gasteiger partial charge in [0, 0.05) is 32.7 Å². The Morgan fingerprint density at radius 2 is 1.32 bits per heavy atom. The zero-order chi connectivity index (χ0) is 27.3. The summed E-state index contributed by atoms with van der Waals surface area (Å²) >= 11 is 0. The van der Waals surface area contributed by atoms with E-state index in [-0.39, 0.29) is 12.6 Å². The number of hydrogen-bond donors (Lipinski definition) is 1.